The van der Waals surface area contributed by atoms with E-state index in [0.29, 0.717) is 16.7 Å². The number of hydrogen-bond donors (Lipinski definition) is 1. The molecule has 1 amide bonds. The Morgan fingerprint density at radius 1 is 1.30 bits per heavy atom. The summed E-state index contributed by atoms with van der Waals surface area (Å²) >= 11 is 0. The van der Waals surface area contributed by atoms with Gasteiger partial charge in [0.05, 0.1) is 11.6 Å². The van der Waals surface area contributed by atoms with Gasteiger partial charge < -0.3 is 5.73 Å². The number of nitrogens with zero attached hydrogens (tertiary/aromatic N) is 1. The molecule has 0 heterocycles. The lowest BCUT2D eigenvalue weighted by atomic mass is 9.93. The standard InChI is InChI=1S/C18H16F2N2O/c1-11-4-3-5-13(16(11)17(22)23)8-12-6-7-14(10-21)15(9-12)18(2,19)20/h3-7,9H,8H2,1-2H3,(H2,22,23). The van der Waals surface area contributed by atoms with Crippen molar-refractivity contribution in [3.63, 3.8) is 0 Å². The number of aryl methyl sites for hydroxylation is 1. The summed E-state index contributed by atoms with van der Waals surface area (Å²) in [7, 11) is 0. The van der Waals surface area contributed by atoms with Gasteiger partial charge in [-0.25, -0.2) is 8.78 Å². The Morgan fingerprint density at radius 3 is 2.57 bits per heavy atom. The molecule has 2 aromatic carbocycles. The molecule has 2 rings (SSSR count). The molecule has 0 saturated heterocycles. The first-order valence-corrected chi connectivity index (χ1v) is 7.03. The third-order valence-corrected chi connectivity index (χ3v) is 3.68. The summed E-state index contributed by atoms with van der Waals surface area (Å²) in [6, 6.07) is 11.4. The minimum atomic E-state index is -3.11. The number of halogens is 2. The van der Waals surface area contributed by atoms with Crippen LogP contribution in [0, 0.1) is 18.3 Å². The van der Waals surface area contributed by atoms with Crippen molar-refractivity contribution in [3.05, 3.63) is 69.8 Å². The third-order valence-electron chi connectivity index (χ3n) is 3.68. The molecule has 2 N–H and O–H groups in total. The van der Waals surface area contributed by atoms with Crippen LogP contribution in [0.1, 0.15) is 45.1 Å². The molecule has 23 heavy (non-hydrogen) atoms. The molecule has 0 atom stereocenters. The van der Waals surface area contributed by atoms with Gasteiger partial charge in [-0.3, -0.25) is 4.79 Å². The summed E-state index contributed by atoms with van der Waals surface area (Å²) in [5.41, 5.74) is 7.45. The highest BCUT2D eigenvalue weighted by atomic mass is 19.3. The van der Waals surface area contributed by atoms with Gasteiger partial charge in [0.15, 0.2) is 0 Å². The second-order valence-corrected chi connectivity index (χ2v) is 5.53. The number of carbonyl (C=O) groups is 1. The van der Waals surface area contributed by atoms with E-state index in [1.807, 2.05) is 0 Å². The van der Waals surface area contributed by atoms with Crippen LogP contribution in [0.15, 0.2) is 36.4 Å². The average Bonchev–Trinajstić information content (AvgIpc) is 2.46. The summed E-state index contributed by atoms with van der Waals surface area (Å²) in [6.07, 6.45) is 0.286. The highest BCUT2D eigenvalue weighted by Crippen LogP contribution is 2.31. The fraction of sp³-hybridized carbons (Fsp3) is 0.222. The smallest absolute Gasteiger partial charge is 0.271 e. The van der Waals surface area contributed by atoms with Gasteiger partial charge in [0.1, 0.15) is 0 Å². The zero-order valence-corrected chi connectivity index (χ0v) is 12.9. The Balaban J connectivity index is 2.49. The van der Waals surface area contributed by atoms with Crippen molar-refractivity contribution in [1.82, 2.24) is 0 Å². The monoisotopic (exact) mass is 314 g/mol. The summed E-state index contributed by atoms with van der Waals surface area (Å²) in [5, 5.41) is 8.97. The lowest BCUT2D eigenvalue weighted by Gasteiger charge is -2.15. The molecule has 5 heteroatoms. The summed E-state index contributed by atoms with van der Waals surface area (Å²) in [5.74, 6) is -3.66. The van der Waals surface area contributed by atoms with Crippen LogP contribution in [0.5, 0.6) is 0 Å². The van der Waals surface area contributed by atoms with E-state index in [0.717, 1.165) is 12.5 Å². The van der Waals surface area contributed by atoms with Gasteiger partial charge in [0.25, 0.3) is 5.92 Å². The van der Waals surface area contributed by atoms with Crippen molar-refractivity contribution in [1.29, 1.82) is 5.26 Å². The Hall–Kier alpha value is -2.74. The molecule has 0 unspecified atom stereocenters. The zero-order valence-electron chi connectivity index (χ0n) is 12.9. The maximum absolute atomic E-state index is 13.7. The van der Waals surface area contributed by atoms with E-state index >= 15 is 0 Å². The summed E-state index contributed by atoms with van der Waals surface area (Å²) in [4.78, 5) is 11.6. The number of primary amides is 1. The topological polar surface area (TPSA) is 66.9 Å². The second-order valence-electron chi connectivity index (χ2n) is 5.53. The van der Waals surface area contributed by atoms with Crippen molar-refractivity contribution in [2.75, 3.05) is 0 Å². The normalized spacial score (nSPS) is 11.1. The van der Waals surface area contributed by atoms with E-state index < -0.39 is 11.8 Å². The van der Waals surface area contributed by atoms with Crippen LogP contribution >= 0.6 is 0 Å². The van der Waals surface area contributed by atoms with Crippen LogP contribution < -0.4 is 5.73 Å². The Morgan fingerprint density at radius 2 is 2.00 bits per heavy atom. The van der Waals surface area contributed by atoms with Crippen LogP contribution in [0.4, 0.5) is 8.78 Å². The van der Waals surface area contributed by atoms with Crippen molar-refractivity contribution < 1.29 is 13.6 Å². The van der Waals surface area contributed by atoms with Gasteiger partial charge in [0, 0.05) is 18.1 Å². The van der Waals surface area contributed by atoms with Gasteiger partial charge in [0.2, 0.25) is 5.91 Å². The maximum Gasteiger partial charge on any atom is 0.271 e. The van der Waals surface area contributed by atoms with Crippen molar-refractivity contribution in [3.8, 4) is 6.07 Å². The van der Waals surface area contributed by atoms with Crippen LogP contribution in [0.25, 0.3) is 0 Å². The number of hydrogen-bond acceptors (Lipinski definition) is 2. The first-order valence-electron chi connectivity index (χ1n) is 7.03. The first kappa shape index (κ1) is 16.6. The molecule has 0 bridgehead atoms. The minimum Gasteiger partial charge on any atom is -0.366 e. The molecular weight excluding hydrogens is 298 g/mol. The molecule has 0 spiro atoms. The van der Waals surface area contributed by atoms with Crippen molar-refractivity contribution >= 4 is 5.91 Å². The van der Waals surface area contributed by atoms with E-state index in [1.165, 1.54) is 12.1 Å². The molecule has 118 valence electrons. The molecule has 0 aliphatic heterocycles. The van der Waals surface area contributed by atoms with Crippen LogP contribution in [-0.2, 0) is 12.3 Å². The Kier molecular flexibility index (Phi) is 4.46. The van der Waals surface area contributed by atoms with Gasteiger partial charge in [-0.05, 0) is 42.2 Å². The number of nitriles is 1. The Labute approximate surface area is 133 Å². The number of carbonyl (C=O) groups excluding carboxylic acids is 1. The summed E-state index contributed by atoms with van der Waals surface area (Å²) < 4.78 is 27.3. The highest BCUT2D eigenvalue weighted by molar-refractivity contribution is 5.95. The van der Waals surface area contributed by atoms with Crippen LogP contribution in [0.2, 0.25) is 0 Å². The third kappa shape index (κ3) is 3.54. The molecule has 0 saturated carbocycles. The molecular formula is C18H16F2N2O. The van der Waals surface area contributed by atoms with Crippen LogP contribution in [-0.4, -0.2) is 5.91 Å². The fourth-order valence-corrected chi connectivity index (χ4v) is 2.61. The zero-order chi connectivity index (χ0) is 17.2. The number of amides is 1. The molecule has 2 aromatic rings. The van der Waals surface area contributed by atoms with Gasteiger partial charge in [-0.1, -0.05) is 24.3 Å². The summed E-state index contributed by atoms with van der Waals surface area (Å²) in [6.45, 7) is 2.53. The molecule has 0 aliphatic rings. The van der Waals surface area contributed by atoms with Crippen LogP contribution in [0.3, 0.4) is 0 Å². The predicted molar refractivity (Wildman–Crippen MR) is 83.2 cm³/mol. The number of benzene rings is 2. The van der Waals surface area contributed by atoms with E-state index in [9.17, 15) is 13.6 Å². The van der Waals surface area contributed by atoms with E-state index in [4.69, 9.17) is 11.0 Å². The number of alkyl halides is 2. The van der Waals surface area contributed by atoms with E-state index in [-0.39, 0.29) is 17.5 Å². The molecule has 0 aromatic heterocycles. The number of rotatable bonds is 4. The van der Waals surface area contributed by atoms with Gasteiger partial charge >= 0.3 is 0 Å². The SMILES string of the molecule is Cc1cccc(Cc2ccc(C#N)c(C(C)(F)F)c2)c1C(N)=O. The Bertz CT molecular complexity index is 802. The second kappa shape index (κ2) is 6.17. The minimum absolute atomic E-state index is 0.0550. The van der Waals surface area contributed by atoms with E-state index in [1.54, 1.807) is 37.3 Å². The largest absolute Gasteiger partial charge is 0.366 e. The maximum atomic E-state index is 13.7. The molecule has 0 fully saturated rings. The van der Waals surface area contributed by atoms with Gasteiger partial charge in [-0.2, -0.15) is 5.26 Å². The lowest BCUT2D eigenvalue weighted by molar-refractivity contribution is 0.0171. The van der Waals surface area contributed by atoms with Gasteiger partial charge in [-0.15, -0.1) is 0 Å². The average molecular weight is 314 g/mol. The number of nitrogens with two attached hydrogens (primary N) is 1. The first-order chi connectivity index (χ1) is 10.7. The molecule has 0 aliphatic carbocycles. The van der Waals surface area contributed by atoms with Crippen molar-refractivity contribution in [2.24, 2.45) is 5.73 Å². The fourth-order valence-electron chi connectivity index (χ4n) is 2.61. The quantitative estimate of drug-likeness (QED) is 0.935. The highest BCUT2D eigenvalue weighted by Gasteiger charge is 2.28. The van der Waals surface area contributed by atoms with E-state index in [2.05, 4.69) is 0 Å². The lowest BCUT2D eigenvalue weighted by Crippen LogP contribution is -2.16. The van der Waals surface area contributed by atoms with Crippen molar-refractivity contribution in [2.45, 2.75) is 26.2 Å². The molecule has 3 nitrogen and oxygen atoms in total. The predicted octanol–water partition coefficient (Wildman–Crippen LogP) is 3.67. The molecule has 0 radical (unpaired) electrons.